The third-order valence-corrected chi connectivity index (χ3v) is 5.19. The fourth-order valence-electron chi connectivity index (χ4n) is 3.52. The van der Waals surface area contributed by atoms with Gasteiger partial charge in [-0.25, -0.2) is 0 Å². The second kappa shape index (κ2) is 8.91. The van der Waals surface area contributed by atoms with Gasteiger partial charge in [0.15, 0.2) is 17.3 Å². The lowest BCUT2D eigenvalue weighted by Gasteiger charge is -2.36. The standard InChI is InChI=1S/C21H25N3O5/c1-15(25)16-4-6-18(7-5-16)23-10-8-22(9-11-23)14-17-12-20(28-2)21(29-3)13-19(17)24(26)27/h4-7,12-13H,8-11,14H2,1-3H3. The van der Waals surface area contributed by atoms with Gasteiger partial charge in [-0.3, -0.25) is 19.8 Å². The van der Waals surface area contributed by atoms with Gasteiger partial charge in [0, 0.05) is 49.5 Å². The highest BCUT2D eigenvalue weighted by Crippen LogP contribution is 2.35. The van der Waals surface area contributed by atoms with Gasteiger partial charge in [0.1, 0.15) is 0 Å². The molecule has 1 fully saturated rings. The molecular formula is C21H25N3O5. The molecule has 29 heavy (non-hydrogen) atoms. The number of ether oxygens (including phenoxy) is 2. The lowest BCUT2D eigenvalue weighted by Crippen LogP contribution is -2.46. The molecule has 0 spiro atoms. The monoisotopic (exact) mass is 399 g/mol. The van der Waals surface area contributed by atoms with E-state index in [1.807, 2.05) is 24.3 Å². The number of rotatable bonds is 7. The summed E-state index contributed by atoms with van der Waals surface area (Å²) in [4.78, 5) is 27.0. The molecule has 154 valence electrons. The first kappa shape index (κ1) is 20.6. The van der Waals surface area contributed by atoms with E-state index in [1.165, 1.54) is 20.3 Å². The van der Waals surface area contributed by atoms with Crippen LogP contribution in [0.25, 0.3) is 0 Å². The van der Waals surface area contributed by atoms with Crippen LogP contribution in [0.15, 0.2) is 36.4 Å². The normalized spacial score (nSPS) is 14.5. The van der Waals surface area contributed by atoms with Crippen molar-refractivity contribution in [2.24, 2.45) is 0 Å². The number of nitro benzene ring substituents is 1. The zero-order valence-electron chi connectivity index (χ0n) is 16.9. The summed E-state index contributed by atoms with van der Waals surface area (Å²) in [6.07, 6.45) is 0. The molecule has 8 nitrogen and oxygen atoms in total. The van der Waals surface area contributed by atoms with Crippen LogP contribution in [0.3, 0.4) is 0 Å². The number of nitrogens with zero attached hydrogens (tertiary/aromatic N) is 3. The fourth-order valence-corrected chi connectivity index (χ4v) is 3.52. The summed E-state index contributed by atoms with van der Waals surface area (Å²) in [7, 11) is 2.98. The molecule has 2 aromatic rings. The highest BCUT2D eigenvalue weighted by Gasteiger charge is 2.24. The molecule has 0 amide bonds. The Morgan fingerprint density at radius 2 is 1.62 bits per heavy atom. The van der Waals surface area contributed by atoms with Gasteiger partial charge in [0.05, 0.1) is 25.2 Å². The maximum atomic E-state index is 11.5. The van der Waals surface area contributed by atoms with Gasteiger partial charge in [-0.15, -0.1) is 0 Å². The molecule has 1 aliphatic rings. The molecule has 0 bridgehead atoms. The van der Waals surface area contributed by atoms with Crippen LogP contribution in [0.5, 0.6) is 11.5 Å². The molecule has 1 aliphatic heterocycles. The molecule has 8 heteroatoms. The van der Waals surface area contributed by atoms with E-state index in [4.69, 9.17) is 9.47 Å². The molecule has 0 unspecified atom stereocenters. The largest absolute Gasteiger partial charge is 0.493 e. The van der Waals surface area contributed by atoms with E-state index in [-0.39, 0.29) is 16.4 Å². The Balaban J connectivity index is 1.69. The molecule has 0 aliphatic carbocycles. The zero-order valence-corrected chi connectivity index (χ0v) is 16.9. The van der Waals surface area contributed by atoms with Crippen LogP contribution >= 0.6 is 0 Å². The van der Waals surface area contributed by atoms with Gasteiger partial charge in [0.2, 0.25) is 0 Å². The Labute approximate surface area is 169 Å². The molecule has 0 saturated carbocycles. The average molecular weight is 399 g/mol. The molecule has 0 radical (unpaired) electrons. The van der Waals surface area contributed by atoms with E-state index >= 15 is 0 Å². The van der Waals surface area contributed by atoms with E-state index in [0.29, 0.717) is 29.2 Å². The highest BCUT2D eigenvalue weighted by atomic mass is 16.6. The third-order valence-electron chi connectivity index (χ3n) is 5.19. The molecule has 2 aromatic carbocycles. The van der Waals surface area contributed by atoms with Crippen molar-refractivity contribution in [1.82, 2.24) is 4.90 Å². The number of carbonyl (C=O) groups is 1. The number of Topliss-reactive ketones (excluding diaryl/α,β-unsaturated/α-hetero) is 1. The van der Waals surface area contributed by atoms with Crippen LogP contribution in [0.2, 0.25) is 0 Å². The van der Waals surface area contributed by atoms with Gasteiger partial charge in [0.25, 0.3) is 5.69 Å². The van der Waals surface area contributed by atoms with E-state index in [2.05, 4.69) is 9.80 Å². The van der Waals surface area contributed by atoms with Crippen molar-refractivity contribution < 1.29 is 19.2 Å². The number of hydrogen-bond acceptors (Lipinski definition) is 7. The Bertz CT molecular complexity index is 890. The van der Waals surface area contributed by atoms with Gasteiger partial charge in [-0.05, 0) is 37.3 Å². The summed E-state index contributed by atoms with van der Waals surface area (Å²) < 4.78 is 10.5. The summed E-state index contributed by atoms with van der Waals surface area (Å²) in [5.41, 5.74) is 2.41. The number of benzene rings is 2. The second-order valence-corrected chi connectivity index (χ2v) is 6.96. The minimum absolute atomic E-state index is 0.0323. The predicted molar refractivity (Wildman–Crippen MR) is 110 cm³/mol. The Kier molecular flexibility index (Phi) is 6.33. The summed E-state index contributed by atoms with van der Waals surface area (Å²) in [5.74, 6) is 0.886. The third kappa shape index (κ3) is 4.65. The Morgan fingerprint density at radius 1 is 1.03 bits per heavy atom. The number of anilines is 1. The molecule has 3 rings (SSSR count). The summed E-state index contributed by atoms with van der Waals surface area (Å²) >= 11 is 0. The van der Waals surface area contributed by atoms with Crippen LogP contribution in [-0.2, 0) is 6.54 Å². The van der Waals surface area contributed by atoms with E-state index in [0.717, 1.165) is 31.9 Å². The summed E-state index contributed by atoms with van der Waals surface area (Å²) in [5, 5.41) is 11.5. The second-order valence-electron chi connectivity index (χ2n) is 6.96. The van der Waals surface area contributed by atoms with Crippen molar-refractivity contribution in [2.45, 2.75) is 13.5 Å². The van der Waals surface area contributed by atoms with Crippen LogP contribution in [0.4, 0.5) is 11.4 Å². The Hall–Kier alpha value is -3.13. The average Bonchev–Trinajstić information content (AvgIpc) is 2.73. The van der Waals surface area contributed by atoms with Gasteiger partial charge in [-0.2, -0.15) is 0 Å². The van der Waals surface area contributed by atoms with Crippen LogP contribution in [0.1, 0.15) is 22.8 Å². The van der Waals surface area contributed by atoms with Crippen LogP contribution < -0.4 is 14.4 Å². The van der Waals surface area contributed by atoms with Gasteiger partial charge in [-0.1, -0.05) is 0 Å². The minimum atomic E-state index is -0.385. The van der Waals surface area contributed by atoms with Crippen molar-refractivity contribution in [2.75, 3.05) is 45.3 Å². The molecule has 0 N–H and O–H groups in total. The van der Waals surface area contributed by atoms with E-state index in [9.17, 15) is 14.9 Å². The molecule has 0 aromatic heterocycles. The van der Waals surface area contributed by atoms with Crippen molar-refractivity contribution in [3.05, 3.63) is 57.6 Å². The summed E-state index contributed by atoms with van der Waals surface area (Å²) in [6.45, 7) is 5.19. The quantitative estimate of drug-likeness (QED) is 0.402. The molecule has 0 atom stereocenters. The number of carbonyl (C=O) groups excluding carboxylic acids is 1. The maximum Gasteiger partial charge on any atom is 0.277 e. The lowest BCUT2D eigenvalue weighted by atomic mass is 10.1. The maximum absolute atomic E-state index is 11.5. The number of piperazine rings is 1. The topological polar surface area (TPSA) is 85.2 Å². The van der Waals surface area contributed by atoms with Crippen LogP contribution in [0, 0.1) is 10.1 Å². The van der Waals surface area contributed by atoms with E-state index < -0.39 is 0 Å². The van der Waals surface area contributed by atoms with Gasteiger partial charge < -0.3 is 14.4 Å². The first-order chi connectivity index (χ1) is 13.9. The Morgan fingerprint density at radius 3 is 2.14 bits per heavy atom. The summed E-state index contributed by atoms with van der Waals surface area (Å²) in [6, 6.07) is 10.7. The zero-order chi connectivity index (χ0) is 21.0. The smallest absolute Gasteiger partial charge is 0.277 e. The molecule has 1 heterocycles. The SMILES string of the molecule is COc1cc(CN2CCN(c3ccc(C(C)=O)cc3)CC2)c([N+](=O)[O-])cc1OC. The molecule has 1 saturated heterocycles. The van der Waals surface area contributed by atoms with Gasteiger partial charge >= 0.3 is 0 Å². The van der Waals surface area contributed by atoms with Crippen molar-refractivity contribution in [1.29, 1.82) is 0 Å². The van der Waals surface area contributed by atoms with E-state index in [1.54, 1.807) is 13.0 Å². The molecular weight excluding hydrogens is 374 g/mol. The number of nitro groups is 1. The minimum Gasteiger partial charge on any atom is -0.493 e. The van der Waals surface area contributed by atoms with Crippen molar-refractivity contribution >= 4 is 17.2 Å². The fraction of sp³-hybridized carbons (Fsp3) is 0.381. The first-order valence-electron chi connectivity index (χ1n) is 9.40. The number of hydrogen-bond donors (Lipinski definition) is 0. The number of methoxy groups -OCH3 is 2. The first-order valence-corrected chi connectivity index (χ1v) is 9.40. The van der Waals surface area contributed by atoms with Crippen molar-refractivity contribution in [3.8, 4) is 11.5 Å². The highest BCUT2D eigenvalue weighted by molar-refractivity contribution is 5.94. The van der Waals surface area contributed by atoms with Crippen molar-refractivity contribution in [3.63, 3.8) is 0 Å². The number of ketones is 1. The van der Waals surface area contributed by atoms with Crippen LogP contribution in [-0.4, -0.2) is 56.0 Å². The lowest BCUT2D eigenvalue weighted by molar-refractivity contribution is -0.385. The predicted octanol–water partition coefficient (Wildman–Crippen LogP) is 3.14.